The predicted octanol–water partition coefficient (Wildman–Crippen LogP) is 3.64. The van der Waals surface area contributed by atoms with Crippen molar-refractivity contribution in [2.24, 2.45) is 0 Å². The molecule has 178 valence electrons. The lowest BCUT2D eigenvalue weighted by Gasteiger charge is -2.38. The van der Waals surface area contributed by atoms with Crippen molar-refractivity contribution < 1.29 is 22.8 Å². The van der Waals surface area contributed by atoms with Crippen LogP contribution in [0.5, 0.6) is 0 Å². The number of fused-ring (bicyclic) bond motifs is 1. The van der Waals surface area contributed by atoms with E-state index in [1.807, 2.05) is 6.07 Å². The summed E-state index contributed by atoms with van der Waals surface area (Å²) in [5, 5.41) is 19.1. The molecule has 5 rings (SSSR count). The van der Waals surface area contributed by atoms with Crippen molar-refractivity contribution >= 4 is 11.8 Å². The molecule has 2 aliphatic rings. The Labute approximate surface area is 198 Å². The second-order valence-electron chi connectivity index (χ2n) is 8.52. The number of rotatable bonds is 5. The molecular formula is C24H20F2N6O3. The molecule has 1 aliphatic heterocycles. The van der Waals surface area contributed by atoms with Crippen molar-refractivity contribution in [1.29, 1.82) is 5.26 Å². The number of hydrogen-bond acceptors (Lipinski definition) is 7. The van der Waals surface area contributed by atoms with Crippen LogP contribution in [0.4, 0.5) is 8.78 Å². The Morgan fingerprint density at radius 3 is 2.83 bits per heavy atom. The highest BCUT2D eigenvalue weighted by Crippen LogP contribution is 2.33. The highest BCUT2D eigenvalue weighted by atomic mass is 19.3. The molecule has 1 saturated carbocycles. The molecule has 3 aromatic rings. The molecule has 2 aromatic heterocycles. The molecule has 0 saturated heterocycles. The lowest BCUT2D eigenvalue weighted by Crippen LogP contribution is -2.53. The monoisotopic (exact) mass is 478 g/mol. The zero-order valence-electron chi connectivity index (χ0n) is 18.4. The van der Waals surface area contributed by atoms with Gasteiger partial charge in [0.25, 0.3) is 17.7 Å². The molecular weight excluding hydrogens is 458 g/mol. The maximum absolute atomic E-state index is 13.3. The number of nitrogens with one attached hydrogen (secondary N) is 1. The Morgan fingerprint density at radius 1 is 1.23 bits per heavy atom. The summed E-state index contributed by atoms with van der Waals surface area (Å²) in [4.78, 5) is 32.3. The van der Waals surface area contributed by atoms with Gasteiger partial charge in [-0.15, -0.1) is 10.2 Å². The summed E-state index contributed by atoms with van der Waals surface area (Å²) < 4.78 is 30.6. The van der Waals surface area contributed by atoms with Gasteiger partial charge >= 0.3 is 6.43 Å². The van der Waals surface area contributed by atoms with E-state index in [4.69, 9.17) is 9.68 Å². The molecule has 1 N–H and O–H groups in total. The Kier molecular flexibility index (Phi) is 5.94. The van der Waals surface area contributed by atoms with E-state index in [0.29, 0.717) is 28.8 Å². The SMILES string of the molecule is N#Cc1cccc(C(=O)N[C@@H]2CCCC[C@H]2N2Cc3ncc(-c4nnc(C(F)F)o4)cc3C2=O)c1. The van der Waals surface area contributed by atoms with Crippen LogP contribution in [0.2, 0.25) is 0 Å². The number of nitriles is 1. The molecule has 1 aliphatic carbocycles. The molecule has 0 bridgehead atoms. The minimum absolute atomic E-state index is 0.135. The summed E-state index contributed by atoms with van der Waals surface area (Å²) in [5.74, 6) is -1.48. The fraction of sp³-hybridized carbons (Fsp3) is 0.333. The van der Waals surface area contributed by atoms with E-state index in [9.17, 15) is 18.4 Å². The van der Waals surface area contributed by atoms with Gasteiger partial charge in [-0.2, -0.15) is 14.0 Å². The predicted molar refractivity (Wildman–Crippen MR) is 117 cm³/mol. The van der Waals surface area contributed by atoms with Crippen LogP contribution in [-0.4, -0.2) is 44.0 Å². The molecule has 0 spiro atoms. The van der Waals surface area contributed by atoms with Crippen LogP contribution in [-0.2, 0) is 6.54 Å². The molecule has 1 aromatic carbocycles. The Hall–Kier alpha value is -4.20. The van der Waals surface area contributed by atoms with Crippen LogP contribution in [0.1, 0.15) is 70.0 Å². The van der Waals surface area contributed by atoms with Crippen molar-refractivity contribution in [3.63, 3.8) is 0 Å². The van der Waals surface area contributed by atoms with E-state index < -0.39 is 12.3 Å². The van der Waals surface area contributed by atoms with Gasteiger partial charge in [0, 0.05) is 17.8 Å². The molecule has 11 heteroatoms. The maximum atomic E-state index is 13.3. The number of nitrogens with zero attached hydrogens (tertiary/aromatic N) is 5. The summed E-state index contributed by atoms with van der Waals surface area (Å²) in [5.41, 5.74) is 1.97. The lowest BCUT2D eigenvalue weighted by molar-refractivity contribution is 0.0581. The summed E-state index contributed by atoms with van der Waals surface area (Å²) in [6.45, 7) is 0.279. The van der Waals surface area contributed by atoms with E-state index >= 15 is 0 Å². The molecule has 0 unspecified atom stereocenters. The molecule has 2 amide bonds. The minimum Gasteiger partial charge on any atom is -0.415 e. The Morgan fingerprint density at radius 2 is 2.06 bits per heavy atom. The number of halogens is 2. The van der Waals surface area contributed by atoms with E-state index in [2.05, 4.69) is 20.5 Å². The van der Waals surface area contributed by atoms with Gasteiger partial charge in [0.15, 0.2) is 0 Å². The van der Waals surface area contributed by atoms with Crippen LogP contribution >= 0.6 is 0 Å². The number of carbonyl (C=O) groups is 2. The first kappa shape index (κ1) is 22.6. The van der Waals surface area contributed by atoms with Gasteiger partial charge in [-0.1, -0.05) is 18.9 Å². The fourth-order valence-electron chi connectivity index (χ4n) is 4.65. The van der Waals surface area contributed by atoms with Crippen LogP contribution < -0.4 is 5.32 Å². The van der Waals surface area contributed by atoms with E-state index in [0.717, 1.165) is 19.3 Å². The lowest BCUT2D eigenvalue weighted by atomic mass is 9.89. The summed E-state index contributed by atoms with van der Waals surface area (Å²) in [6, 6.07) is 9.53. The van der Waals surface area contributed by atoms with E-state index in [-0.39, 0.29) is 41.9 Å². The van der Waals surface area contributed by atoms with E-state index in [1.165, 1.54) is 18.3 Å². The number of carbonyl (C=O) groups excluding carboxylic acids is 2. The first-order chi connectivity index (χ1) is 16.9. The van der Waals surface area contributed by atoms with Gasteiger partial charge in [-0.25, -0.2) is 0 Å². The summed E-state index contributed by atoms with van der Waals surface area (Å²) in [7, 11) is 0. The number of benzene rings is 1. The van der Waals surface area contributed by atoms with Crippen LogP contribution in [0, 0.1) is 11.3 Å². The first-order valence-corrected chi connectivity index (χ1v) is 11.2. The number of alkyl halides is 2. The average molecular weight is 478 g/mol. The minimum atomic E-state index is -2.89. The fourth-order valence-corrected chi connectivity index (χ4v) is 4.65. The summed E-state index contributed by atoms with van der Waals surface area (Å²) >= 11 is 0. The zero-order valence-corrected chi connectivity index (χ0v) is 18.4. The highest BCUT2D eigenvalue weighted by Gasteiger charge is 2.39. The molecule has 2 atom stereocenters. The van der Waals surface area contributed by atoms with Gasteiger partial charge in [0.2, 0.25) is 5.89 Å². The quantitative estimate of drug-likeness (QED) is 0.593. The van der Waals surface area contributed by atoms with Gasteiger partial charge < -0.3 is 14.6 Å². The third kappa shape index (κ3) is 4.35. The Bertz CT molecular complexity index is 1330. The second kappa shape index (κ2) is 9.21. The number of pyridine rings is 1. The van der Waals surface area contributed by atoms with Gasteiger partial charge in [0.1, 0.15) is 0 Å². The van der Waals surface area contributed by atoms with Gasteiger partial charge in [-0.05, 0) is 37.1 Å². The molecule has 0 radical (unpaired) electrons. The highest BCUT2D eigenvalue weighted by molar-refractivity contribution is 5.99. The molecule has 9 nitrogen and oxygen atoms in total. The average Bonchev–Trinajstić information content (AvgIpc) is 3.50. The topological polar surface area (TPSA) is 125 Å². The van der Waals surface area contributed by atoms with Crippen molar-refractivity contribution in [2.45, 2.75) is 50.7 Å². The Balaban J connectivity index is 1.35. The van der Waals surface area contributed by atoms with E-state index in [1.54, 1.807) is 23.1 Å². The van der Waals surface area contributed by atoms with Crippen LogP contribution in [0.15, 0.2) is 40.9 Å². The standard InChI is InChI=1S/C24H20F2N6O3/c25-20(26)23-31-30-22(35-23)15-9-16-18(28-11-15)12-32(24(16)34)19-7-2-1-6-17(19)29-21(33)14-5-3-4-13(8-14)10-27/h3-5,8-9,11,17,19-20H,1-2,6-7,12H2,(H,29,33)/t17-,19-/m1/s1. The van der Waals surface area contributed by atoms with Crippen LogP contribution in [0.3, 0.4) is 0 Å². The van der Waals surface area contributed by atoms with Crippen LogP contribution in [0.25, 0.3) is 11.5 Å². The molecule has 35 heavy (non-hydrogen) atoms. The number of hydrogen-bond donors (Lipinski definition) is 1. The molecule has 3 heterocycles. The third-order valence-electron chi connectivity index (χ3n) is 6.36. The van der Waals surface area contributed by atoms with Crippen molar-refractivity contribution in [3.8, 4) is 17.5 Å². The van der Waals surface area contributed by atoms with Gasteiger partial charge in [0.05, 0.1) is 41.0 Å². The maximum Gasteiger partial charge on any atom is 0.314 e. The molecule has 1 fully saturated rings. The van der Waals surface area contributed by atoms with Crippen molar-refractivity contribution in [3.05, 3.63) is 64.8 Å². The zero-order chi connectivity index (χ0) is 24.5. The first-order valence-electron chi connectivity index (χ1n) is 11.2. The number of aromatic nitrogens is 3. The van der Waals surface area contributed by atoms with Gasteiger partial charge in [-0.3, -0.25) is 14.6 Å². The normalized spacial score (nSPS) is 19.5. The summed E-state index contributed by atoms with van der Waals surface area (Å²) in [6.07, 6.45) is 1.79. The van der Waals surface area contributed by atoms with Crippen molar-refractivity contribution in [1.82, 2.24) is 25.4 Å². The largest absolute Gasteiger partial charge is 0.415 e. The van der Waals surface area contributed by atoms with Crippen molar-refractivity contribution in [2.75, 3.05) is 0 Å². The number of amides is 2. The third-order valence-corrected chi connectivity index (χ3v) is 6.36. The second-order valence-corrected chi connectivity index (χ2v) is 8.52. The smallest absolute Gasteiger partial charge is 0.314 e.